The standard InChI is InChI=1S/C18H19N3O2/c1-3-23-13(2)18(22)20-14-8-10-15(11-9-14)21-12-19-16-6-4-5-7-17(16)21/h4-13H,3H2,1-2H3,(H,20,22)/t13-/m1/s1. The number of carbonyl (C=O) groups excluding carboxylic acids is 1. The molecule has 1 amide bonds. The zero-order valence-electron chi connectivity index (χ0n) is 13.2. The molecule has 23 heavy (non-hydrogen) atoms. The van der Waals surface area contributed by atoms with Crippen LogP contribution in [0.15, 0.2) is 54.9 Å². The number of fused-ring (bicyclic) bond motifs is 1. The van der Waals surface area contributed by atoms with Gasteiger partial charge in [0.2, 0.25) is 0 Å². The van der Waals surface area contributed by atoms with E-state index in [9.17, 15) is 4.79 Å². The molecule has 1 aromatic heterocycles. The van der Waals surface area contributed by atoms with E-state index in [-0.39, 0.29) is 5.91 Å². The molecule has 1 heterocycles. The molecule has 3 rings (SSSR count). The quantitative estimate of drug-likeness (QED) is 0.786. The Balaban J connectivity index is 1.78. The number of rotatable bonds is 5. The average Bonchev–Trinajstić information content (AvgIpc) is 3.00. The number of ether oxygens (including phenoxy) is 1. The first-order chi connectivity index (χ1) is 11.2. The van der Waals surface area contributed by atoms with E-state index in [0.29, 0.717) is 6.61 Å². The van der Waals surface area contributed by atoms with E-state index in [1.807, 2.05) is 60.0 Å². The minimum atomic E-state index is -0.461. The molecule has 2 aromatic carbocycles. The maximum absolute atomic E-state index is 11.9. The molecule has 0 aliphatic heterocycles. The Morgan fingerprint density at radius 1 is 1.22 bits per heavy atom. The summed E-state index contributed by atoms with van der Waals surface area (Å²) >= 11 is 0. The molecule has 0 saturated carbocycles. The Hall–Kier alpha value is -2.66. The van der Waals surface area contributed by atoms with E-state index >= 15 is 0 Å². The summed E-state index contributed by atoms with van der Waals surface area (Å²) in [4.78, 5) is 16.3. The van der Waals surface area contributed by atoms with Gasteiger partial charge in [0.05, 0.1) is 11.0 Å². The molecule has 3 aromatic rings. The minimum Gasteiger partial charge on any atom is -0.369 e. The van der Waals surface area contributed by atoms with Gasteiger partial charge in [0.25, 0.3) is 5.91 Å². The molecule has 0 bridgehead atoms. The van der Waals surface area contributed by atoms with Crippen molar-refractivity contribution < 1.29 is 9.53 Å². The Morgan fingerprint density at radius 2 is 1.96 bits per heavy atom. The van der Waals surface area contributed by atoms with E-state index < -0.39 is 6.10 Å². The summed E-state index contributed by atoms with van der Waals surface area (Å²) < 4.78 is 7.30. The van der Waals surface area contributed by atoms with Gasteiger partial charge in [-0.15, -0.1) is 0 Å². The van der Waals surface area contributed by atoms with Gasteiger partial charge >= 0.3 is 0 Å². The number of anilines is 1. The number of carbonyl (C=O) groups is 1. The summed E-state index contributed by atoms with van der Waals surface area (Å²) in [6.07, 6.45) is 1.34. The SMILES string of the molecule is CCO[C@H](C)C(=O)Nc1ccc(-n2cnc3ccccc32)cc1. The first-order valence-electron chi connectivity index (χ1n) is 7.64. The summed E-state index contributed by atoms with van der Waals surface area (Å²) in [7, 11) is 0. The van der Waals surface area contributed by atoms with Crippen LogP contribution in [0.1, 0.15) is 13.8 Å². The summed E-state index contributed by atoms with van der Waals surface area (Å²) in [5.41, 5.74) is 3.74. The Bertz CT molecular complexity index is 809. The number of para-hydroxylation sites is 2. The number of hydrogen-bond donors (Lipinski definition) is 1. The molecule has 0 fully saturated rings. The lowest BCUT2D eigenvalue weighted by Gasteiger charge is -2.12. The normalized spacial score (nSPS) is 12.3. The third kappa shape index (κ3) is 3.24. The molecule has 0 saturated heterocycles. The fraction of sp³-hybridized carbons (Fsp3) is 0.222. The van der Waals surface area contributed by atoms with Gasteiger partial charge in [-0.25, -0.2) is 4.98 Å². The molecule has 0 unspecified atom stereocenters. The maximum atomic E-state index is 11.9. The molecule has 1 N–H and O–H groups in total. The van der Waals surface area contributed by atoms with E-state index in [1.165, 1.54) is 0 Å². The summed E-state index contributed by atoms with van der Waals surface area (Å²) in [5.74, 6) is -0.146. The van der Waals surface area contributed by atoms with Crippen molar-refractivity contribution in [3.8, 4) is 5.69 Å². The van der Waals surface area contributed by atoms with Gasteiger partial charge < -0.3 is 10.1 Å². The molecular formula is C18H19N3O2. The molecule has 1 atom stereocenters. The molecule has 118 valence electrons. The predicted octanol–water partition coefficient (Wildman–Crippen LogP) is 3.39. The monoisotopic (exact) mass is 309 g/mol. The van der Waals surface area contributed by atoms with Crippen LogP contribution in [0.3, 0.4) is 0 Å². The van der Waals surface area contributed by atoms with Crippen LogP contribution in [0.5, 0.6) is 0 Å². The molecule has 0 spiro atoms. The lowest BCUT2D eigenvalue weighted by atomic mass is 10.2. The number of aromatic nitrogens is 2. The van der Waals surface area contributed by atoms with E-state index in [1.54, 1.807) is 13.3 Å². The number of nitrogens with zero attached hydrogens (tertiary/aromatic N) is 2. The van der Waals surface area contributed by atoms with Crippen molar-refractivity contribution in [3.05, 3.63) is 54.9 Å². The number of nitrogens with one attached hydrogen (secondary N) is 1. The van der Waals surface area contributed by atoms with Crippen molar-refractivity contribution in [2.24, 2.45) is 0 Å². The number of benzene rings is 2. The van der Waals surface area contributed by atoms with Crippen molar-refractivity contribution in [3.63, 3.8) is 0 Å². The molecule has 0 radical (unpaired) electrons. The molecule has 0 aliphatic carbocycles. The molecular weight excluding hydrogens is 290 g/mol. The van der Waals surface area contributed by atoms with Crippen LogP contribution in [-0.2, 0) is 9.53 Å². The van der Waals surface area contributed by atoms with Crippen LogP contribution in [0, 0.1) is 0 Å². The summed E-state index contributed by atoms with van der Waals surface area (Å²) in [6.45, 7) is 4.13. The number of amides is 1. The van der Waals surface area contributed by atoms with Gasteiger partial charge in [-0.3, -0.25) is 9.36 Å². The Kier molecular flexibility index (Phi) is 4.39. The lowest BCUT2D eigenvalue weighted by molar-refractivity contribution is -0.126. The second kappa shape index (κ2) is 6.62. The van der Waals surface area contributed by atoms with Crippen LogP contribution in [0.2, 0.25) is 0 Å². The average molecular weight is 309 g/mol. The number of imidazole rings is 1. The fourth-order valence-corrected chi connectivity index (χ4v) is 2.44. The molecule has 0 aliphatic rings. The second-order valence-electron chi connectivity index (χ2n) is 5.24. The van der Waals surface area contributed by atoms with E-state index in [4.69, 9.17) is 4.74 Å². The van der Waals surface area contributed by atoms with Gasteiger partial charge in [0.1, 0.15) is 12.4 Å². The largest absolute Gasteiger partial charge is 0.369 e. The van der Waals surface area contributed by atoms with Gasteiger partial charge in [-0.1, -0.05) is 12.1 Å². The highest BCUT2D eigenvalue weighted by Crippen LogP contribution is 2.19. The third-order valence-corrected chi connectivity index (χ3v) is 3.65. The topological polar surface area (TPSA) is 56.1 Å². The van der Waals surface area contributed by atoms with Crippen LogP contribution in [0.4, 0.5) is 5.69 Å². The zero-order valence-corrected chi connectivity index (χ0v) is 13.2. The third-order valence-electron chi connectivity index (χ3n) is 3.65. The van der Waals surface area contributed by atoms with Crippen LogP contribution < -0.4 is 5.32 Å². The van der Waals surface area contributed by atoms with E-state index in [2.05, 4.69) is 10.3 Å². The summed E-state index contributed by atoms with van der Waals surface area (Å²) in [5, 5.41) is 2.85. The van der Waals surface area contributed by atoms with Crippen molar-refractivity contribution in [2.75, 3.05) is 11.9 Å². The van der Waals surface area contributed by atoms with Crippen molar-refractivity contribution in [2.45, 2.75) is 20.0 Å². The Labute approximate surface area is 134 Å². The Morgan fingerprint density at radius 3 is 2.70 bits per heavy atom. The summed E-state index contributed by atoms with van der Waals surface area (Å²) in [6, 6.07) is 15.6. The van der Waals surface area contributed by atoms with Crippen LogP contribution in [0.25, 0.3) is 16.7 Å². The van der Waals surface area contributed by atoms with Crippen LogP contribution >= 0.6 is 0 Å². The highest BCUT2D eigenvalue weighted by Gasteiger charge is 2.12. The second-order valence-corrected chi connectivity index (χ2v) is 5.24. The highest BCUT2D eigenvalue weighted by atomic mass is 16.5. The maximum Gasteiger partial charge on any atom is 0.253 e. The van der Waals surface area contributed by atoms with Gasteiger partial charge in [0, 0.05) is 18.0 Å². The van der Waals surface area contributed by atoms with Crippen molar-refractivity contribution in [1.29, 1.82) is 0 Å². The van der Waals surface area contributed by atoms with Crippen molar-refractivity contribution in [1.82, 2.24) is 9.55 Å². The van der Waals surface area contributed by atoms with Gasteiger partial charge in [-0.05, 0) is 50.2 Å². The molecule has 5 heteroatoms. The molecule has 5 nitrogen and oxygen atoms in total. The van der Waals surface area contributed by atoms with Crippen LogP contribution in [-0.4, -0.2) is 28.2 Å². The first kappa shape index (κ1) is 15.2. The highest BCUT2D eigenvalue weighted by molar-refractivity contribution is 5.94. The smallest absolute Gasteiger partial charge is 0.253 e. The zero-order chi connectivity index (χ0) is 16.2. The van der Waals surface area contributed by atoms with Gasteiger partial charge in [0.15, 0.2) is 0 Å². The number of hydrogen-bond acceptors (Lipinski definition) is 3. The minimum absolute atomic E-state index is 0.146. The van der Waals surface area contributed by atoms with Crippen molar-refractivity contribution >= 4 is 22.6 Å². The fourth-order valence-electron chi connectivity index (χ4n) is 2.44. The lowest BCUT2D eigenvalue weighted by Crippen LogP contribution is -2.27. The first-order valence-corrected chi connectivity index (χ1v) is 7.64. The van der Waals surface area contributed by atoms with E-state index in [0.717, 1.165) is 22.4 Å². The van der Waals surface area contributed by atoms with Gasteiger partial charge in [-0.2, -0.15) is 0 Å². The predicted molar refractivity (Wildman–Crippen MR) is 90.8 cm³/mol.